The quantitative estimate of drug-likeness (QED) is 0.859. The SMILES string of the molecule is Cc1cc(=O)n(CCN2CCCN(C(=O)c3ccco3)CC2)c(=O)[nH]1. The van der Waals surface area contributed by atoms with Gasteiger partial charge < -0.3 is 14.3 Å². The predicted molar refractivity (Wildman–Crippen MR) is 91.7 cm³/mol. The molecule has 0 spiro atoms. The molecule has 1 N–H and O–H groups in total. The summed E-state index contributed by atoms with van der Waals surface area (Å²) in [5.41, 5.74) is -0.103. The predicted octanol–water partition coefficient (Wildman–Crippen LogP) is 0.286. The van der Waals surface area contributed by atoms with Gasteiger partial charge in [-0.05, 0) is 32.0 Å². The first-order valence-electron chi connectivity index (χ1n) is 8.40. The molecule has 1 fully saturated rings. The van der Waals surface area contributed by atoms with Crippen LogP contribution in [0.5, 0.6) is 0 Å². The molecule has 2 aromatic rings. The molecule has 134 valence electrons. The number of aromatic amines is 1. The maximum absolute atomic E-state index is 12.3. The standard InChI is InChI=1S/C17H22N4O4/c1-13-12-15(22)21(17(24)18-13)10-8-19-5-3-6-20(9-7-19)16(23)14-4-2-11-25-14/h2,4,11-12H,3,5-10H2,1H3,(H,18,24). The van der Waals surface area contributed by atoms with E-state index in [1.165, 1.54) is 16.9 Å². The van der Waals surface area contributed by atoms with E-state index in [9.17, 15) is 14.4 Å². The van der Waals surface area contributed by atoms with Crippen molar-refractivity contribution >= 4 is 5.91 Å². The van der Waals surface area contributed by atoms with Crippen molar-refractivity contribution < 1.29 is 9.21 Å². The number of H-pyrrole nitrogens is 1. The Balaban J connectivity index is 1.58. The topological polar surface area (TPSA) is 91.6 Å². The van der Waals surface area contributed by atoms with Gasteiger partial charge in [-0.3, -0.25) is 19.1 Å². The summed E-state index contributed by atoms with van der Waals surface area (Å²) < 4.78 is 6.39. The summed E-state index contributed by atoms with van der Waals surface area (Å²) in [6.45, 7) is 5.40. The normalized spacial score (nSPS) is 16.0. The number of aryl methyl sites for hydroxylation is 1. The molecule has 1 saturated heterocycles. The maximum Gasteiger partial charge on any atom is 0.328 e. The largest absolute Gasteiger partial charge is 0.459 e. The molecule has 2 aromatic heterocycles. The highest BCUT2D eigenvalue weighted by molar-refractivity contribution is 5.91. The summed E-state index contributed by atoms with van der Waals surface area (Å²) in [5, 5.41) is 0. The average molecular weight is 346 g/mol. The van der Waals surface area contributed by atoms with Crippen molar-refractivity contribution in [2.24, 2.45) is 0 Å². The van der Waals surface area contributed by atoms with Gasteiger partial charge in [-0.2, -0.15) is 0 Å². The molecule has 0 saturated carbocycles. The van der Waals surface area contributed by atoms with E-state index in [1.54, 1.807) is 24.0 Å². The van der Waals surface area contributed by atoms with E-state index < -0.39 is 0 Å². The van der Waals surface area contributed by atoms with Crippen LogP contribution in [-0.4, -0.2) is 58.0 Å². The Morgan fingerprint density at radius 2 is 2.04 bits per heavy atom. The molecule has 0 aliphatic carbocycles. The lowest BCUT2D eigenvalue weighted by Crippen LogP contribution is -2.40. The van der Waals surface area contributed by atoms with Gasteiger partial charge in [-0.25, -0.2) is 4.79 Å². The van der Waals surface area contributed by atoms with Gasteiger partial charge in [0.2, 0.25) is 0 Å². The van der Waals surface area contributed by atoms with Crippen LogP contribution in [-0.2, 0) is 6.54 Å². The van der Waals surface area contributed by atoms with Crippen molar-refractivity contribution in [3.8, 4) is 0 Å². The summed E-state index contributed by atoms with van der Waals surface area (Å²) in [7, 11) is 0. The number of nitrogens with one attached hydrogen (secondary N) is 1. The van der Waals surface area contributed by atoms with Crippen LogP contribution in [0.2, 0.25) is 0 Å². The second kappa shape index (κ2) is 7.52. The molecular formula is C17H22N4O4. The maximum atomic E-state index is 12.3. The van der Waals surface area contributed by atoms with Crippen molar-refractivity contribution in [1.29, 1.82) is 0 Å². The lowest BCUT2D eigenvalue weighted by molar-refractivity contribution is 0.0729. The Kier molecular flexibility index (Phi) is 5.18. The van der Waals surface area contributed by atoms with Gasteiger partial charge in [0.1, 0.15) is 0 Å². The van der Waals surface area contributed by atoms with Gasteiger partial charge >= 0.3 is 5.69 Å². The molecule has 1 aliphatic rings. The molecule has 3 rings (SSSR count). The third kappa shape index (κ3) is 4.08. The van der Waals surface area contributed by atoms with Crippen molar-refractivity contribution in [3.63, 3.8) is 0 Å². The Morgan fingerprint density at radius 1 is 1.20 bits per heavy atom. The van der Waals surface area contributed by atoms with Crippen molar-refractivity contribution in [3.05, 3.63) is 56.8 Å². The molecule has 0 bridgehead atoms. The van der Waals surface area contributed by atoms with Crippen molar-refractivity contribution in [2.45, 2.75) is 19.9 Å². The lowest BCUT2D eigenvalue weighted by Gasteiger charge is -2.21. The molecule has 0 aromatic carbocycles. The van der Waals surface area contributed by atoms with E-state index in [2.05, 4.69) is 9.88 Å². The Labute approximate surface area is 144 Å². The summed E-state index contributed by atoms with van der Waals surface area (Å²) in [6.07, 6.45) is 2.33. The highest BCUT2D eigenvalue weighted by atomic mass is 16.3. The van der Waals surface area contributed by atoms with E-state index >= 15 is 0 Å². The monoisotopic (exact) mass is 346 g/mol. The van der Waals surface area contributed by atoms with Gasteiger partial charge in [0.15, 0.2) is 5.76 Å². The molecule has 8 nitrogen and oxygen atoms in total. The fourth-order valence-electron chi connectivity index (χ4n) is 3.04. The number of carbonyl (C=O) groups is 1. The van der Waals surface area contributed by atoms with Crippen LogP contribution in [0.4, 0.5) is 0 Å². The molecule has 3 heterocycles. The van der Waals surface area contributed by atoms with Gasteiger partial charge in [0.05, 0.1) is 6.26 Å². The molecule has 1 aliphatic heterocycles. The van der Waals surface area contributed by atoms with E-state index in [-0.39, 0.29) is 17.2 Å². The highest BCUT2D eigenvalue weighted by Gasteiger charge is 2.21. The number of furan rings is 1. The van der Waals surface area contributed by atoms with E-state index in [4.69, 9.17) is 4.42 Å². The van der Waals surface area contributed by atoms with Gasteiger partial charge in [0.25, 0.3) is 11.5 Å². The van der Waals surface area contributed by atoms with Gasteiger partial charge in [-0.1, -0.05) is 0 Å². The minimum Gasteiger partial charge on any atom is -0.459 e. The van der Waals surface area contributed by atoms with Crippen LogP contribution < -0.4 is 11.2 Å². The highest BCUT2D eigenvalue weighted by Crippen LogP contribution is 2.09. The minimum atomic E-state index is -0.380. The molecule has 0 unspecified atom stereocenters. The van der Waals surface area contributed by atoms with Crippen molar-refractivity contribution in [1.82, 2.24) is 19.4 Å². The number of hydrogen-bond donors (Lipinski definition) is 1. The number of amides is 1. The molecule has 1 amide bonds. The van der Waals surface area contributed by atoms with Gasteiger partial charge in [0, 0.05) is 44.5 Å². The second-order valence-electron chi connectivity index (χ2n) is 6.21. The van der Waals surface area contributed by atoms with Crippen LogP contribution in [0.3, 0.4) is 0 Å². The Bertz CT molecular complexity index is 806. The van der Waals surface area contributed by atoms with E-state index in [0.717, 1.165) is 13.0 Å². The summed E-state index contributed by atoms with van der Waals surface area (Å²) in [6, 6.07) is 4.79. The Hall–Kier alpha value is -2.61. The zero-order chi connectivity index (χ0) is 17.8. The second-order valence-corrected chi connectivity index (χ2v) is 6.21. The fourth-order valence-corrected chi connectivity index (χ4v) is 3.04. The van der Waals surface area contributed by atoms with Crippen LogP contribution in [0.25, 0.3) is 0 Å². The zero-order valence-electron chi connectivity index (χ0n) is 14.2. The molecule has 8 heteroatoms. The molecular weight excluding hydrogens is 324 g/mol. The average Bonchev–Trinajstić information content (AvgIpc) is 3.00. The van der Waals surface area contributed by atoms with Crippen LogP contribution in [0.1, 0.15) is 22.7 Å². The van der Waals surface area contributed by atoms with Crippen LogP contribution in [0.15, 0.2) is 38.5 Å². The smallest absolute Gasteiger partial charge is 0.328 e. The number of hydrogen-bond acceptors (Lipinski definition) is 5. The number of nitrogens with zero attached hydrogens (tertiary/aromatic N) is 3. The minimum absolute atomic E-state index is 0.0990. The first-order valence-corrected chi connectivity index (χ1v) is 8.40. The summed E-state index contributed by atoms with van der Waals surface area (Å²) in [4.78, 5) is 42.8. The van der Waals surface area contributed by atoms with E-state index in [0.29, 0.717) is 44.2 Å². The molecule has 0 radical (unpaired) electrons. The molecule has 0 atom stereocenters. The lowest BCUT2D eigenvalue weighted by atomic mass is 10.3. The van der Waals surface area contributed by atoms with Crippen molar-refractivity contribution in [2.75, 3.05) is 32.7 Å². The summed E-state index contributed by atoms with van der Waals surface area (Å²) >= 11 is 0. The third-order valence-corrected chi connectivity index (χ3v) is 4.40. The number of aromatic nitrogens is 2. The van der Waals surface area contributed by atoms with Crippen LogP contribution in [0, 0.1) is 6.92 Å². The van der Waals surface area contributed by atoms with Gasteiger partial charge in [-0.15, -0.1) is 0 Å². The third-order valence-electron chi connectivity index (χ3n) is 4.40. The number of rotatable bonds is 4. The summed E-state index contributed by atoms with van der Waals surface area (Å²) in [5.74, 6) is 0.254. The molecule has 25 heavy (non-hydrogen) atoms. The van der Waals surface area contributed by atoms with E-state index in [1.807, 2.05) is 0 Å². The first-order chi connectivity index (χ1) is 12.0. The zero-order valence-corrected chi connectivity index (χ0v) is 14.2. The fraction of sp³-hybridized carbons (Fsp3) is 0.471. The number of carbonyl (C=O) groups excluding carboxylic acids is 1. The first kappa shape index (κ1) is 17.2. The Morgan fingerprint density at radius 3 is 2.76 bits per heavy atom. The van der Waals surface area contributed by atoms with Crippen LogP contribution >= 0.6 is 0 Å².